The molecule has 0 aromatic carbocycles. The highest BCUT2D eigenvalue weighted by molar-refractivity contribution is 7.17. The second-order valence-corrected chi connectivity index (χ2v) is 3.23. The molecule has 2 N–H and O–H groups in total. The molecule has 1 aliphatic rings. The largest absolute Gasteiger partial charge is 0.482 e. The highest BCUT2D eigenvalue weighted by Crippen LogP contribution is 2.32. The number of ether oxygens (including phenoxy) is 1. The summed E-state index contributed by atoms with van der Waals surface area (Å²) in [5.74, 6) is 0. The molecular formula is C6H8N2OS. The summed E-state index contributed by atoms with van der Waals surface area (Å²) in [6, 6.07) is 0. The molecule has 0 unspecified atom stereocenters. The Bertz CT molecular complexity index is 222. The van der Waals surface area contributed by atoms with Crippen LogP contribution in [0.2, 0.25) is 0 Å². The molecule has 0 saturated carbocycles. The molecule has 10 heavy (non-hydrogen) atoms. The molecular weight excluding hydrogens is 148 g/mol. The van der Waals surface area contributed by atoms with Crippen LogP contribution in [0.3, 0.4) is 0 Å². The molecule has 2 rings (SSSR count). The van der Waals surface area contributed by atoms with Gasteiger partial charge in [-0.05, 0) is 12.8 Å². The van der Waals surface area contributed by atoms with Crippen molar-refractivity contribution < 1.29 is 4.74 Å². The van der Waals surface area contributed by atoms with Gasteiger partial charge in [0, 0.05) is 0 Å². The average Bonchev–Trinajstić information content (AvgIpc) is 2.27. The summed E-state index contributed by atoms with van der Waals surface area (Å²) >= 11 is 1.43. The third-order valence-electron chi connectivity index (χ3n) is 1.47. The summed E-state index contributed by atoms with van der Waals surface area (Å²) in [6.45, 7) is 0.814. The van der Waals surface area contributed by atoms with Gasteiger partial charge in [-0.25, -0.2) is 4.98 Å². The van der Waals surface area contributed by atoms with E-state index in [1.807, 2.05) is 0 Å². The third kappa shape index (κ3) is 0.844. The Morgan fingerprint density at radius 3 is 3.30 bits per heavy atom. The second kappa shape index (κ2) is 2.12. The summed E-state index contributed by atoms with van der Waals surface area (Å²) in [4.78, 5) is 4.12. The Morgan fingerprint density at radius 1 is 1.60 bits per heavy atom. The fourth-order valence-electron chi connectivity index (χ4n) is 1.03. The van der Waals surface area contributed by atoms with E-state index in [4.69, 9.17) is 10.5 Å². The Hall–Kier alpha value is -0.770. The number of hydrogen-bond acceptors (Lipinski definition) is 4. The first kappa shape index (κ1) is 5.97. The zero-order chi connectivity index (χ0) is 6.97. The molecule has 1 aliphatic heterocycles. The molecule has 3 nitrogen and oxygen atoms in total. The van der Waals surface area contributed by atoms with Crippen LogP contribution in [-0.2, 0) is 6.42 Å². The van der Waals surface area contributed by atoms with Gasteiger partial charge >= 0.3 is 0 Å². The minimum atomic E-state index is 0.618. The molecule has 0 radical (unpaired) electrons. The highest BCUT2D eigenvalue weighted by atomic mass is 32.1. The fourth-order valence-corrected chi connectivity index (χ4v) is 1.78. The number of nitrogen functional groups attached to an aromatic ring is 1. The smallest absolute Gasteiger partial charge is 0.199 e. The van der Waals surface area contributed by atoms with Gasteiger partial charge in [0.2, 0.25) is 0 Å². The van der Waals surface area contributed by atoms with Crippen molar-refractivity contribution in [3.05, 3.63) is 5.69 Å². The molecule has 0 atom stereocenters. The monoisotopic (exact) mass is 156 g/mol. The van der Waals surface area contributed by atoms with Gasteiger partial charge in [-0.1, -0.05) is 11.3 Å². The highest BCUT2D eigenvalue weighted by Gasteiger charge is 2.14. The summed E-state index contributed by atoms with van der Waals surface area (Å²) in [5.41, 5.74) is 6.52. The number of rotatable bonds is 0. The predicted molar refractivity (Wildman–Crippen MR) is 40.3 cm³/mol. The zero-order valence-corrected chi connectivity index (χ0v) is 6.28. The van der Waals surface area contributed by atoms with Crippen LogP contribution >= 0.6 is 11.3 Å². The van der Waals surface area contributed by atoms with Gasteiger partial charge in [0.05, 0.1) is 12.3 Å². The topological polar surface area (TPSA) is 48.1 Å². The van der Waals surface area contributed by atoms with Crippen molar-refractivity contribution in [1.82, 2.24) is 4.98 Å². The van der Waals surface area contributed by atoms with Crippen LogP contribution in [0.5, 0.6) is 5.06 Å². The summed E-state index contributed by atoms with van der Waals surface area (Å²) in [7, 11) is 0. The Labute approximate surface area is 62.8 Å². The minimum Gasteiger partial charge on any atom is -0.482 e. The fraction of sp³-hybridized carbons (Fsp3) is 0.500. The van der Waals surface area contributed by atoms with Crippen molar-refractivity contribution in [1.29, 1.82) is 0 Å². The molecule has 1 aromatic rings. The molecule has 54 valence electrons. The number of aromatic nitrogens is 1. The van der Waals surface area contributed by atoms with Gasteiger partial charge in [-0.15, -0.1) is 0 Å². The van der Waals surface area contributed by atoms with E-state index < -0.39 is 0 Å². The lowest BCUT2D eigenvalue weighted by Gasteiger charge is -2.09. The lowest BCUT2D eigenvalue weighted by atomic mass is 10.2. The Balaban J connectivity index is 2.41. The quantitative estimate of drug-likeness (QED) is 0.610. The summed E-state index contributed by atoms with van der Waals surface area (Å²) in [5, 5.41) is 1.54. The van der Waals surface area contributed by atoms with Crippen LogP contribution in [0.25, 0.3) is 0 Å². The van der Waals surface area contributed by atoms with E-state index in [0.29, 0.717) is 5.13 Å². The Kier molecular flexibility index (Phi) is 1.27. The van der Waals surface area contributed by atoms with Gasteiger partial charge in [0.25, 0.3) is 0 Å². The van der Waals surface area contributed by atoms with Crippen molar-refractivity contribution in [2.45, 2.75) is 12.8 Å². The maximum absolute atomic E-state index is 5.49. The number of aryl methyl sites for hydroxylation is 1. The van der Waals surface area contributed by atoms with E-state index in [1.165, 1.54) is 11.3 Å². The lowest BCUT2D eigenvalue weighted by Crippen LogP contribution is -2.06. The molecule has 1 aromatic heterocycles. The normalized spacial score (nSPS) is 16.0. The van der Waals surface area contributed by atoms with Crippen LogP contribution in [0.4, 0.5) is 5.13 Å². The maximum Gasteiger partial charge on any atom is 0.199 e. The summed E-state index contributed by atoms with van der Waals surface area (Å²) in [6.07, 6.45) is 2.08. The maximum atomic E-state index is 5.49. The zero-order valence-electron chi connectivity index (χ0n) is 5.46. The van der Waals surface area contributed by atoms with E-state index in [1.54, 1.807) is 0 Å². The van der Waals surface area contributed by atoms with Crippen molar-refractivity contribution >= 4 is 16.5 Å². The Morgan fingerprint density at radius 2 is 2.50 bits per heavy atom. The van der Waals surface area contributed by atoms with E-state index in [-0.39, 0.29) is 0 Å². The summed E-state index contributed by atoms with van der Waals surface area (Å²) < 4.78 is 5.32. The molecule has 0 aliphatic carbocycles. The SMILES string of the molecule is Nc1nc2c(s1)OCCC2. The van der Waals surface area contributed by atoms with E-state index >= 15 is 0 Å². The van der Waals surface area contributed by atoms with Crippen molar-refractivity contribution in [3.63, 3.8) is 0 Å². The third-order valence-corrected chi connectivity index (χ3v) is 2.31. The first-order valence-corrected chi connectivity index (χ1v) is 4.06. The van der Waals surface area contributed by atoms with Crippen molar-refractivity contribution in [2.24, 2.45) is 0 Å². The molecule has 0 saturated heterocycles. The van der Waals surface area contributed by atoms with Gasteiger partial charge in [-0.2, -0.15) is 0 Å². The van der Waals surface area contributed by atoms with Gasteiger partial charge < -0.3 is 10.5 Å². The molecule has 0 bridgehead atoms. The molecule has 0 amide bonds. The minimum absolute atomic E-state index is 0.618. The van der Waals surface area contributed by atoms with E-state index in [9.17, 15) is 0 Å². The average molecular weight is 156 g/mol. The second-order valence-electron chi connectivity index (χ2n) is 2.24. The molecule has 0 fully saturated rings. The first-order valence-electron chi connectivity index (χ1n) is 3.24. The number of fused-ring (bicyclic) bond motifs is 1. The predicted octanol–water partition coefficient (Wildman–Crippen LogP) is 1.05. The van der Waals surface area contributed by atoms with Crippen LogP contribution in [-0.4, -0.2) is 11.6 Å². The molecule has 2 heterocycles. The molecule has 0 spiro atoms. The van der Waals surface area contributed by atoms with Crippen molar-refractivity contribution in [2.75, 3.05) is 12.3 Å². The standard InChI is InChI=1S/C6H8N2OS/c7-6-8-4-2-1-3-9-5(4)10-6/h1-3H2,(H2,7,8). The number of thiazole rings is 1. The first-order chi connectivity index (χ1) is 4.86. The van der Waals surface area contributed by atoms with Gasteiger partial charge in [0.1, 0.15) is 0 Å². The number of nitrogens with two attached hydrogens (primary N) is 1. The van der Waals surface area contributed by atoms with Crippen molar-refractivity contribution in [3.8, 4) is 5.06 Å². The number of hydrogen-bond donors (Lipinski definition) is 1. The van der Waals surface area contributed by atoms with Crippen LogP contribution in [0.15, 0.2) is 0 Å². The van der Waals surface area contributed by atoms with E-state index in [0.717, 1.165) is 30.2 Å². The van der Waals surface area contributed by atoms with E-state index in [2.05, 4.69) is 4.98 Å². The number of anilines is 1. The van der Waals surface area contributed by atoms with Crippen LogP contribution < -0.4 is 10.5 Å². The van der Waals surface area contributed by atoms with Crippen LogP contribution in [0.1, 0.15) is 12.1 Å². The van der Waals surface area contributed by atoms with Gasteiger partial charge in [-0.3, -0.25) is 0 Å². The van der Waals surface area contributed by atoms with Gasteiger partial charge in [0.15, 0.2) is 10.2 Å². The molecule has 4 heteroatoms. The lowest BCUT2D eigenvalue weighted by molar-refractivity contribution is 0.295. The number of nitrogens with zero attached hydrogens (tertiary/aromatic N) is 1. The van der Waals surface area contributed by atoms with Crippen LogP contribution in [0, 0.1) is 0 Å².